The number of hydrogen-bond acceptors (Lipinski definition) is 3. The predicted octanol–water partition coefficient (Wildman–Crippen LogP) is 18.0. The summed E-state index contributed by atoms with van der Waals surface area (Å²) in [6.07, 6.45) is 0. The van der Waals surface area contributed by atoms with Crippen molar-refractivity contribution in [2.75, 3.05) is 4.90 Å². The van der Waals surface area contributed by atoms with Crippen LogP contribution < -0.4 is 4.90 Å². The van der Waals surface area contributed by atoms with Crippen molar-refractivity contribution in [2.45, 2.75) is 19.3 Å². The maximum atomic E-state index is 6.78. The highest BCUT2D eigenvalue weighted by Crippen LogP contribution is 2.53. The molecule has 0 fully saturated rings. The molecule has 0 spiro atoms. The fourth-order valence-corrected chi connectivity index (χ4v) is 12.3. The van der Waals surface area contributed by atoms with Gasteiger partial charge in [0.05, 0.1) is 5.69 Å². The maximum absolute atomic E-state index is 6.78. The summed E-state index contributed by atoms with van der Waals surface area (Å²) in [5, 5.41) is 14.7. The van der Waals surface area contributed by atoms with Crippen molar-refractivity contribution in [3.8, 4) is 22.3 Å². The minimum absolute atomic E-state index is 0.172. The molecule has 2 aromatic heterocycles. The van der Waals surface area contributed by atoms with Crippen molar-refractivity contribution in [1.82, 2.24) is 0 Å². The van der Waals surface area contributed by atoms with E-state index in [2.05, 4.69) is 219 Å². The predicted molar refractivity (Wildman–Crippen MR) is 274 cm³/mol. The first-order chi connectivity index (χ1) is 31.5. The van der Waals surface area contributed by atoms with Crippen molar-refractivity contribution < 1.29 is 4.42 Å². The highest BCUT2D eigenvalue weighted by molar-refractivity contribution is 7.25. The molecule has 0 atom stereocenters. The normalized spacial score (nSPS) is 13.3. The van der Waals surface area contributed by atoms with Crippen LogP contribution >= 0.6 is 11.3 Å². The molecule has 0 saturated heterocycles. The van der Waals surface area contributed by atoms with Gasteiger partial charge in [-0.3, -0.25) is 0 Å². The van der Waals surface area contributed by atoms with Gasteiger partial charge in [-0.05, 0) is 132 Å². The van der Waals surface area contributed by atoms with Crippen LogP contribution in [-0.2, 0) is 5.41 Å². The number of nitrogens with zero attached hydrogens (tertiary/aromatic N) is 1. The van der Waals surface area contributed by atoms with Gasteiger partial charge >= 0.3 is 0 Å². The molecule has 0 aliphatic heterocycles. The lowest BCUT2D eigenvalue weighted by atomic mass is 9.82. The molecule has 13 aromatic rings. The Morgan fingerprint density at radius 3 is 1.77 bits per heavy atom. The van der Waals surface area contributed by atoms with E-state index in [9.17, 15) is 0 Å². The molecule has 64 heavy (non-hydrogen) atoms. The Balaban J connectivity index is 1.13. The summed E-state index contributed by atoms with van der Waals surface area (Å²) < 4.78 is 9.35. The first-order valence-electron chi connectivity index (χ1n) is 22.2. The van der Waals surface area contributed by atoms with Gasteiger partial charge < -0.3 is 9.32 Å². The van der Waals surface area contributed by atoms with E-state index in [0.29, 0.717) is 0 Å². The van der Waals surface area contributed by atoms with Crippen LogP contribution in [0.25, 0.3) is 107 Å². The molecule has 300 valence electrons. The third-order valence-electron chi connectivity index (χ3n) is 14.2. The number of rotatable bonds is 4. The molecule has 0 N–H and O–H groups in total. The van der Waals surface area contributed by atoms with Crippen molar-refractivity contribution in [1.29, 1.82) is 0 Å². The molecule has 1 aliphatic carbocycles. The Morgan fingerprint density at radius 2 is 0.969 bits per heavy atom. The average Bonchev–Trinajstić information content (AvgIpc) is 3.97. The van der Waals surface area contributed by atoms with E-state index >= 15 is 0 Å². The van der Waals surface area contributed by atoms with Gasteiger partial charge in [-0.15, -0.1) is 11.3 Å². The molecule has 14 rings (SSSR count). The molecule has 1 aliphatic rings. The highest BCUT2D eigenvalue weighted by atomic mass is 32.1. The lowest BCUT2D eigenvalue weighted by Crippen LogP contribution is -2.17. The molecule has 0 unspecified atom stereocenters. The van der Waals surface area contributed by atoms with Crippen molar-refractivity contribution in [2.24, 2.45) is 0 Å². The summed E-state index contributed by atoms with van der Waals surface area (Å²) in [7, 11) is 0. The summed E-state index contributed by atoms with van der Waals surface area (Å²) in [6.45, 7) is 4.75. The molecule has 2 nitrogen and oxygen atoms in total. The van der Waals surface area contributed by atoms with E-state index in [0.717, 1.165) is 50.1 Å². The SMILES string of the molecule is CC1(C)c2ccccc2-c2ccc(N(c3ccc4c(c3)sc3ccccc34)c3cc4c5ccccc5c5ccccc5c4cc3-c3cccc4oc5cc6ccccc6cc5c34)cc21. The summed E-state index contributed by atoms with van der Waals surface area (Å²) in [5.41, 5.74) is 12.6. The minimum Gasteiger partial charge on any atom is -0.456 e. The maximum Gasteiger partial charge on any atom is 0.136 e. The zero-order chi connectivity index (χ0) is 42.3. The van der Waals surface area contributed by atoms with E-state index in [1.807, 2.05) is 11.3 Å². The Kier molecular flexibility index (Phi) is 7.36. The third kappa shape index (κ3) is 5.02. The van der Waals surface area contributed by atoms with Crippen molar-refractivity contribution in [3.05, 3.63) is 211 Å². The van der Waals surface area contributed by atoms with Crippen LogP contribution in [0.15, 0.2) is 205 Å². The Morgan fingerprint density at radius 1 is 0.375 bits per heavy atom. The zero-order valence-corrected chi connectivity index (χ0v) is 36.1. The minimum atomic E-state index is -0.172. The second kappa shape index (κ2) is 13.2. The summed E-state index contributed by atoms with van der Waals surface area (Å²) in [6, 6.07) is 74.5. The van der Waals surface area contributed by atoms with Gasteiger partial charge in [0.2, 0.25) is 0 Å². The standard InChI is InChI=1S/C61H39NOS/c1-61(2)53-23-11-9-20-44(53)45-28-26-38(32-54(45)61)62(39-27-29-47-46-21-10-12-25-58(46)64-59(47)33-39)55-35-50-43-19-8-6-17-41(43)40-16-5-7-18-42(40)49(50)34-51(55)48-22-13-24-56-60(48)52-30-36-14-3-4-15-37(36)31-57(52)63-56/h3-35H,1-2H3. The first-order valence-corrected chi connectivity index (χ1v) is 23.0. The Bertz CT molecular complexity index is 4130. The third-order valence-corrected chi connectivity index (χ3v) is 15.3. The van der Waals surface area contributed by atoms with Gasteiger partial charge in [0.25, 0.3) is 0 Å². The lowest BCUT2D eigenvalue weighted by molar-refractivity contribution is 0.660. The fourth-order valence-electron chi connectivity index (χ4n) is 11.2. The van der Waals surface area contributed by atoms with E-state index in [4.69, 9.17) is 4.42 Å². The molecule has 0 saturated carbocycles. The average molecular weight is 834 g/mol. The van der Waals surface area contributed by atoms with Crippen LogP contribution in [0.5, 0.6) is 0 Å². The molecule has 3 heteroatoms. The van der Waals surface area contributed by atoms with Gasteiger partial charge in [-0.25, -0.2) is 0 Å². The Hall–Kier alpha value is -7.72. The van der Waals surface area contributed by atoms with Gasteiger partial charge in [0, 0.05) is 53.3 Å². The van der Waals surface area contributed by atoms with E-state index in [1.54, 1.807) is 0 Å². The van der Waals surface area contributed by atoms with E-state index in [-0.39, 0.29) is 5.41 Å². The Labute approximate surface area is 373 Å². The smallest absolute Gasteiger partial charge is 0.136 e. The van der Waals surface area contributed by atoms with Crippen LogP contribution in [-0.4, -0.2) is 0 Å². The molecule has 0 amide bonds. The number of anilines is 3. The highest BCUT2D eigenvalue weighted by Gasteiger charge is 2.36. The van der Waals surface area contributed by atoms with Gasteiger partial charge in [-0.1, -0.05) is 153 Å². The van der Waals surface area contributed by atoms with E-state index in [1.165, 1.54) is 85.5 Å². The zero-order valence-electron chi connectivity index (χ0n) is 35.3. The number of hydrogen-bond donors (Lipinski definition) is 0. The topological polar surface area (TPSA) is 16.4 Å². The first kappa shape index (κ1) is 35.8. The summed E-state index contributed by atoms with van der Waals surface area (Å²) in [4.78, 5) is 2.54. The molecule has 0 bridgehead atoms. The van der Waals surface area contributed by atoms with Gasteiger partial charge in [-0.2, -0.15) is 0 Å². The largest absolute Gasteiger partial charge is 0.456 e. The van der Waals surface area contributed by atoms with Crippen LogP contribution in [0.3, 0.4) is 0 Å². The molecule has 11 aromatic carbocycles. The molecule has 0 radical (unpaired) electrons. The van der Waals surface area contributed by atoms with Crippen LogP contribution in [0, 0.1) is 0 Å². The summed E-state index contributed by atoms with van der Waals surface area (Å²) in [5.74, 6) is 0. The number of furan rings is 1. The van der Waals surface area contributed by atoms with Crippen LogP contribution in [0.2, 0.25) is 0 Å². The van der Waals surface area contributed by atoms with Gasteiger partial charge in [0.1, 0.15) is 11.2 Å². The number of fused-ring (bicyclic) bond motifs is 16. The molecular weight excluding hydrogens is 795 g/mol. The molecular formula is C61H39NOS. The van der Waals surface area contributed by atoms with E-state index < -0.39 is 0 Å². The monoisotopic (exact) mass is 833 g/mol. The second-order valence-corrected chi connectivity index (χ2v) is 19.1. The second-order valence-electron chi connectivity index (χ2n) is 18.0. The fraction of sp³-hybridized carbons (Fsp3) is 0.0492. The molecule has 2 heterocycles. The van der Waals surface area contributed by atoms with Crippen LogP contribution in [0.4, 0.5) is 17.1 Å². The van der Waals surface area contributed by atoms with Gasteiger partial charge in [0.15, 0.2) is 0 Å². The quantitative estimate of drug-likeness (QED) is 0.164. The van der Waals surface area contributed by atoms with Crippen molar-refractivity contribution >= 4 is 114 Å². The lowest BCUT2D eigenvalue weighted by Gasteiger charge is -2.30. The van der Waals surface area contributed by atoms with Crippen molar-refractivity contribution in [3.63, 3.8) is 0 Å². The van der Waals surface area contributed by atoms with Crippen LogP contribution in [0.1, 0.15) is 25.0 Å². The summed E-state index contributed by atoms with van der Waals surface area (Å²) >= 11 is 1.87. The number of thiophene rings is 1. The number of benzene rings is 11.